The lowest BCUT2D eigenvalue weighted by Crippen LogP contribution is -2.29. The summed E-state index contributed by atoms with van der Waals surface area (Å²) < 4.78 is 2.07. The molecule has 2 rings (SSSR count). The van der Waals surface area contributed by atoms with Crippen molar-refractivity contribution in [3.63, 3.8) is 0 Å². The first-order chi connectivity index (χ1) is 8.20. The Labute approximate surface area is 104 Å². The Kier molecular flexibility index (Phi) is 4.18. The van der Waals surface area contributed by atoms with E-state index in [1.807, 2.05) is 0 Å². The zero-order valence-corrected chi connectivity index (χ0v) is 11.0. The summed E-state index contributed by atoms with van der Waals surface area (Å²) in [4.78, 5) is 2.46. The molecular weight excluding hydrogens is 212 g/mol. The van der Waals surface area contributed by atoms with E-state index >= 15 is 0 Å². The Balaban J connectivity index is 2.03. The van der Waals surface area contributed by atoms with Crippen LogP contribution in [0, 0.1) is 5.92 Å². The molecular formula is C13H24N4. The first kappa shape index (κ1) is 12.6. The van der Waals surface area contributed by atoms with Crippen LogP contribution in [-0.2, 0) is 6.54 Å². The van der Waals surface area contributed by atoms with Gasteiger partial charge in [-0.2, -0.15) is 5.10 Å². The lowest BCUT2D eigenvalue weighted by atomic mass is 10.1. The maximum absolute atomic E-state index is 5.65. The van der Waals surface area contributed by atoms with E-state index in [0.717, 1.165) is 19.6 Å². The monoisotopic (exact) mass is 236 g/mol. The van der Waals surface area contributed by atoms with Crippen molar-refractivity contribution in [2.45, 2.75) is 39.3 Å². The molecule has 0 saturated carbocycles. The van der Waals surface area contributed by atoms with Gasteiger partial charge in [0, 0.05) is 25.8 Å². The van der Waals surface area contributed by atoms with Gasteiger partial charge in [-0.15, -0.1) is 0 Å². The highest BCUT2D eigenvalue weighted by atomic mass is 15.3. The molecule has 0 amide bonds. The van der Waals surface area contributed by atoms with E-state index in [9.17, 15) is 0 Å². The molecule has 1 aliphatic rings. The molecule has 0 aliphatic carbocycles. The van der Waals surface area contributed by atoms with Gasteiger partial charge in [0.25, 0.3) is 0 Å². The number of nitrogens with two attached hydrogens (primary N) is 1. The summed E-state index contributed by atoms with van der Waals surface area (Å²) in [6.07, 6.45) is 4.59. The first-order valence-electron chi connectivity index (χ1n) is 6.68. The van der Waals surface area contributed by atoms with E-state index in [1.54, 1.807) is 0 Å². The molecule has 0 aromatic carbocycles. The van der Waals surface area contributed by atoms with Crippen molar-refractivity contribution in [2.24, 2.45) is 11.7 Å². The van der Waals surface area contributed by atoms with Crippen LogP contribution in [0.15, 0.2) is 12.3 Å². The fourth-order valence-electron chi connectivity index (χ4n) is 2.63. The summed E-state index contributed by atoms with van der Waals surface area (Å²) in [5.41, 5.74) is 6.87. The number of hydrogen-bond acceptors (Lipinski definition) is 3. The van der Waals surface area contributed by atoms with Crippen molar-refractivity contribution in [1.29, 1.82) is 0 Å². The smallest absolute Gasteiger partial charge is 0.0796 e. The molecule has 0 spiro atoms. The number of likely N-dealkylation sites (tertiary alicyclic amines) is 1. The Morgan fingerprint density at radius 1 is 1.53 bits per heavy atom. The zero-order valence-electron chi connectivity index (χ0n) is 11.0. The van der Waals surface area contributed by atoms with Crippen LogP contribution in [0.4, 0.5) is 0 Å². The molecule has 17 heavy (non-hydrogen) atoms. The zero-order chi connectivity index (χ0) is 12.3. The maximum atomic E-state index is 5.65. The SMILES string of the molecule is CC(C)Cn1ccc([C@@H]2CCCN2CCN)n1. The summed E-state index contributed by atoms with van der Waals surface area (Å²) in [6, 6.07) is 2.66. The number of nitrogens with zero attached hydrogens (tertiary/aromatic N) is 3. The van der Waals surface area contributed by atoms with E-state index in [4.69, 9.17) is 10.8 Å². The van der Waals surface area contributed by atoms with Gasteiger partial charge in [-0.05, 0) is 31.4 Å². The van der Waals surface area contributed by atoms with Crippen molar-refractivity contribution in [1.82, 2.24) is 14.7 Å². The van der Waals surface area contributed by atoms with Gasteiger partial charge < -0.3 is 5.73 Å². The van der Waals surface area contributed by atoms with Gasteiger partial charge >= 0.3 is 0 Å². The average Bonchev–Trinajstić information content (AvgIpc) is 2.86. The van der Waals surface area contributed by atoms with Crippen LogP contribution >= 0.6 is 0 Å². The molecule has 1 saturated heterocycles. The van der Waals surface area contributed by atoms with Gasteiger partial charge in [0.15, 0.2) is 0 Å². The molecule has 0 radical (unpaired) electrons. The Morgan fingerprint density at radius 3 is 3.06 bits per heavy atom. The first-order valence-corrected chi connectivity index (χ1v) is 6.68. The maximum Gasteiger partial charge on any atom is 0.0796 e. The molecule has 1 atom stereocenters. The van der Waals surface area contributed by atoms with Gasteiger partial charge in [0.05, 0.1) is 11.7 Å². The van der Waals surface area contributed by atoms with Gasteiger partial charge in [-0.25, -0.2) is 0 Å². The second kappa shape index (κ2) is 5.65. The van der Waals surface area contributed by atoms with Crippen molar-refractivity contribution >= 4 is 0 Å². The van der Waals surface area contributed by atoms with E-state index in [0.29, 0.717) is 12.0 Å². The predicted molar refractivity (Wildman–Crippen MR) is 69.7 cm³/mol. The fourth-order valence-corrected chi connectivity index (χ4v) is 2.63. The highest BCUT2D eigenvalue weighted by Gasteiger charge is 2.26. The minimum absolute atomic E-state index is 0.493. The third kappa shape index (κ3) is 3.07. The van der Waals surface area contributed by atoms with Gasteiger partial charge in [0.1, 0.15) is 0 Å². The average molecular weight is 236 g/mol. The predicted octanol–water partition coefficient (Wildman–Crippen LogP) is 1.63. The van der Waals surface area contributed by atoms with Crippen LogP contribution in [0.1, 0.15) is 38.4 Å². The standard InChI is InChI=1S/C13H24N4/c1-11(2)10-17-8-5-12(15-17)13-4-3-7-16(13)9-6-14/h5,8,11,13H,3-4,6-7,9-10,14H2,1-2H3/t13-/m0/s1. The highest BCUT2D eigenvalue weighted by molar-refractivity contribution is 5.08. The molecule has 0 bridgehead atoms. The van der Waals surface area contributed by atoms with Gasteiger partial charge in [0.2, 0.25) is 0 Å². The Hall–Kier alpha value is -0.870. The van der Waals surface area contributed by atoms with E-state index in [2.05, 4.69) is 35.7 Å². The van der Waals surface area contributed by atoms with Crippen LogP contribution in [-0.4, -0.2) is 34.3 Å². The largest absolute Gasteiger partial charge is 0.329 e. The van der Waals surface area contributed by atoms with Crippen LogP contribution in [0.5, 0.6) is 0 Å². The molecule has 1 aliphatic heterocycles. The number of aromatic nitrogens is 2. The van der Waals surface area contributed by atoms with E-state index in [-0.39, 0.29) is 0 Å². The second-order valence-electron chi connectivity index (χ2n) is 5.34. The van der Waals surface area contributed by atoms with E-state index in [1.165, 1.54) is 25.1 Å². The summed E-state index contributed by atoms with van der Waals surface area (Å²) >= 11 is 0. The van der Waals surface area contributed by atoms with Gasteiger partial charge in [-0.3, -0.25) is 9.58 Å². The van der Waals surface area contributed by atoms with Crippen LogP contribution in [0.25, 0.3) is 0 Å². The fraction of sp³-hybridized carbons (Fsp3) is 0.769. The molecule has 1 aromatic heterocycles. The van der Waals surface area contributed by atoms with Crippen molar-refractivity contribution in [2.75, 3.05) is 19.6 Å². The quantitative estimate of drug-likeness (QED) is 0.845. The lowest BCUT2D eigenvalue weighted by molar-refractivity contribution is 0.258. The Morgan fingerprint density at radius 2 is 2.35 bits per heavy atom. The van der Waals surface area contributed by atoms with Crippen LogP contribution < -0.4 is 5.73 Å². The van der Waals surface area contributed by atoms with Gasteiger partial charge in [-0.1, -0.05) is 13.8 Å². The normalized spacial score (nSPS) is 21.5. The minimum atomic E-state index is 0.493. The molecule has 4 nitrogen and oxygen atoms in total. The second-order valence-corrected chi connectivity index (χ2v) is 5.34. The van der Waals surface area contributed by atoms with Crippen LogP contribution in [0.3, 0.4) is 0 Å². The summed E-state index contributed by atoms with van der Waals surface area (Å²) in [5, 5.41) is 4.70. The third-order valence-corrected chi connectivity index (χ3v) is 3.33. The third-order valence-electron chi connectivity index (χ3n) is 3.33. The summed E-state index contributed by atoms with van der Waals surface area (Å²) in [7, 11) is 0. The van der Waals surface area contributed by atoms with Crippen molar-refractivity contribution < 1.29 is 0 Å². The molecule has 1 fully saturated rings. The molecule has 4 heteroatoms. The molecule has 2 heterocycles. The number of rotatable bonds is 5. The molecule has 96 valence electrons. The van der Waals surface area contributed by atoms with Crippen LogP contribution in [0.2, 0.25) is 0 Å². The minimum Gasteiger partial charge on any atom is -0.329 e. The van der Waals surface area contributed by atoms with Crippen molar-refractivity contribution in [3.05, 3.63) is 18.0 Å². The molecule has 1 aromatic rings. The highest BCUT2D eigenvalue weighted by Crippen LogP contribution is 2.30. The Bertz CT molecular complexity index is 345. The molecule has 0 unspecified atom stereocenters. The van der Waals surface area contributed by atoms with Crippen molar-refractivity contribution in [3.8, 4) is 0 Å². The molecule has 2 N–H and O–H groups in total. The number of hydrogen-bond donors (Lipinski definition) is 1. The van der Waals surface area contributed by atoms with E-state index < -0.39 is 0 Å². The summed E-state index contributed by atoms with van der Waals surface area (Å²) in [6.45, 7) is 8.34. The lowest BCUT2D eigenvalue weighted by Gasteiger charge is -2.21. The topological polar surface area (TPSA) is 47.1 Å². The summed E-state index contributed by atoms with van der Waals surface area (Å²) in [5.74, 6) is 0.645.